The zero-order valence-electron chi connectivity index (χ0n) is 15.5. The highest BCUT2D eigenvalue weighted by Crippen LogP contribution is 2.60. The maximum absolute atomic E-state index is 13.3. The minimum Gasteiger partial charge on any atom is -0.305 e. The Kier molecular flexibility index (Phi) is 3.95. The summed E-state index contributed by atoms with van der Waals surface area (Å²) in [5.74, 6) is 4.62. The number of fused-ring (bicyclic) bond motifs is 1. The number of rotatable bonds is 3. The van der Waals surface area contributed by atoms with E-state index in [4.69, 9.17) is 6.42 Å². The zero-order chi connectivity index (χ0) is 19.5. The Morgan fingerprint density at radius 1 is 1.29 bits per heavy atom. The number of carbonyl (C=O) groups excluding carboxylic acids is 1. The van der Waals surface area contributed by atoms with Crippen molar-refractivity contribution in [3.63, 3.8) is 0 Å². The predicted molar refractivity (Wildman–Crippen MR) is 106 cm³/mol. The largest absolute Gasteiger partial charge is 0.305 e. The average Bonchev–Trinajstić information content (AvgIpc) is 2.97. The molecule has 0 aliphatic heterocycles. The molecule has 0 radical (unpaired) electrons. The third-order valence-electron chi connectivity index (χ3n) is 6.82. The highest BCUT2D eigenvalue weighted by Gasteiger charge is 2.54. The van der Waals surface area contributed by atoms with Crippen LogP contribution >= 0.6 is 11.3 Å². The first kappa shape index (κ1) is 17.6. The number of aromatic nitrogens is 1. The number of hydrogen-bond donors (Lipinski definition) is 0. The van der Waals surface area contributed by atoms with E-state index >= 15 is 0 Å². The lowest BCUT2D eigenvalue weighted by atomic mass is 9.49. The number of terminal acetylenes is 1. The molecule has 1 aromatic heterocycles. The van der Waals surface area contributed by atoms with Crippen LogP contribution in [0.2, 0.25) is 0 Å². The molecule has 6 rings (SSSR count). The number of benzene rings is 1. The van der Waals surface area contributed by atoms with Gasteiger partial charge in [0.25, 0.3) is 11.6 Å². The summed E-state index contributed by atoms with van der Waals surface area (Å²) in [6, 6.07) is 4.68. The third-order valence-corrected chi connectivity index (χ3v) is 7.86. The Bertz CT molecular complexity index is 1070. The fourth-order valence-electron chi connectivity index (χ4n) is 6.08. The Balaban J connectivity index is 1.59. The molecular weight excluding hydrogens is 374 g/mol. The van der Waals surface area contributed by atoms with Crippen molar-refractivity contribution in [2.45, 2.75) is 45.1 Å². The van der Waals surface area contributed by atoms with E-state index in [9.17, 15) is 14.9 Å². The molecular formula is C21H21N3O3S. The lowest BCUT2D eigenvalue weighted by Gasteiger charge is -2.55. The van der Waals surface area contributed by atoms with Gasteiger partial charge in [0.1, 0.15) is 0 Å². The van der Waals surface area contributed by atoms with Gasteiger partial charge in [-0.15, -0.1) is 6.42 Å². The summed E-state index contributed by atoms with van der Waals surface area (Å²) in [7, 11) is 0. The molecule has 0 atom stereocenters. The Labute approximate surface area is 166 Å². The van der Waals surface area contributed by atoms with E-state index in [1.807, 2.05) is 4.57 Å². The molecule has 0 spiro atoms. The summed E-state index contributed by atoms with van der Waals surface area (Å²) in [5, 5.41) is 11.1. The molecule has 4 fully saturated rings. The van der Waals surface area contributed by atoms with E-state index in [0.717, 1.165) is 29.5 Å². The van der Waals surface area contributed by atoms with Gasteiger partial charge in [-0.25, -0.2) is 0 Å². The van der Waals surface area contributed by atoms with Crippen LogP contribution in [0.3, 0.4) is 0 Å². The summed E-state index contributed by atoms with van der Waals surface area (Å²) < 4.78 is 2.55. The van der Waals surface area contributed by atoms with Crippen molar-refractivity contribution >= 4 is 33.1 Å². The highest BCUT2D eigenvalue weighted by molar-refractivity contribution is 7.16. The molecule has 144 valence electrons. The van der Waals surface area contributed by atoms with E-state index in [1.165, 1.54) is 42.7 Å². The normalized spacial score (nSPS) is 31.2. The molecule has 2 aromatic rings. The SMILES string of the molecule is C#CCn1c(=NC(=O)C23CC4CC(CC(C4)C2)C3)sc2cc([N+](=O)[O-])ccc21. The average molecular weight is 395 g/mol. The van der Waals surface area contributed by atoms with Crippen molar-refractivity contribution < 1.29 is 9.72 Å². The van der Waals surface area contributed by atoms with Gasteiger partial charge < -0.3 is 4.57 Å². The van der Waals surface area contributed by atoms with Gasteiger partial charge in [-0.2, -0.15) is 4.99 Å². The Morgan fingerprint density at radius 2 is 1.93 bits per heavy atom. The number of non-ortho nitro benzene ring substituents is 1. The van der Waals surface area contributed by atoms with E-state index in [2.05, 4.69) is 10.9 Å². The molecule has 0 N–H and O–H groups in total. The van der Waals surface area contributed by atoms with Crippen molar-refractivity contribution in [3.8, 4) is 12.3 Å². The molecule has 4 bridgehead atoms. The summed E-state index contributed by atoms with van der Waals surface area (Å²) >= 11 is 1.30. The van der Waals surface area contributed by atoms with Crippen LogP contribution < -0.4 is 4.80 Å². The maximum atomic E-state index is 13.3. The number of nitrogens with zero attached hydrogens (tertiary/aromatic N) is 3. The molecule has 1 heterocycles. The van der Waals surface area contributed by atoms with Crippen LogP contribution in [0.5, 0.6) is 0 Å². The topological polar surface area (TPSA) is 77.5 Å². The van der Waals surface area contributed by atoms with Crippen LogP contribution in [0.4, 0.5) is 5.69 Å². The number of nitro benzene ring substituents is 1. The lowest BCUT2D eigenvalue weighted by molar-refractivity contribution is -0.384. The second-order valence-corrected chi connectivity index (χ2v) is 9.71. The molecule has 1 aromatic carbocycles. The number of amides is 1. The van der Waals surface area contributed by atoms with Gasteiger partial charge in [0.05, 0.1) is 27.1 Å². The van der Waals surface area contributed by atoms with Gasteiger partial charge in [-0.05, 0) is 62.3 Å². The predicted octanol–water partition coefficient (Wildman–Crippen LogP) is 3.89. The van der Waals surface area contributed by atoms with E-state index in [-0.39, 0.29) is 23.6 Å². The van der Waals surface area contributed by atoms with Crippen LogP contribution in [0.1, 0.15) is 38.5 Å². The molecule has 1 amide bonds. The minimum atomic E-state index is -0.415. The first-order valence-electron chi connectivity index (χ1n) is 9.78. The number of thiazole rings is 1. The zero-order valence-corrected chi connectivity index (χ0v) is 16.3. The van der Waals surface area contributed by atoms with Gasteiger partial charge in [0.2, 0.25) is 0 Å². The second kappa shape index (κ2) is 6.28. The monoisotopic (exact) mass is 395 g/mol. The summed E-state index contributed by atoms with van der Waals surface area (Å²) in [4.78, 5) is 29.1. The van der Waals surface area contributed by atoms with E-state index in [1.54, 1.807) is 6.07 Å². The van der Waals surface area contributed by atoms with Gasteiger partial charge in [-0.3, -0.25) is 14.9 Å². The number of nitro groups is 1. The minimum absolute atomic E-state index is 0.0153. The highest BCUT2D eigenvalue weighted by atomic mass is 32.1. The van der Waals surface area contributed by atoms with Crippen molar-refractivity contribution in [2.75, 3.05) is 0 Å². The number of carbonyl (C=O) groups is 1. The summed E-state index contributed by atoms with van der Waals surface area (Å²) in [5.41, 5.74) is 0.511. The fourth-order valence-corrected chi connectivity index (χ4v) is 7.14. The molecule has 6 nitrogen and oxygen atoms in total. The molecule has 4 saturated carbocycles. The fraction of sp³-hybridized carbons (Fsp3) is 0.524. The lowest BCUT2D eigenvalue weighted by Crippen LogP contribution is -2.49. The molecule has 4 aliphatic rings. The first-order valence-corrected chi connectivity index (χ1v) is 10.6. The van der Waals surface area contributed by atoms with Gasteiger partial charge in [-0.1, -0.05) is 17.3 Å². The first-order chi connectivity index (χ1) is 13.5. The van der Waals surface area contributed by atoms with Crippen molar-refractivity contribution in [1.29, 1.82) is 0 Å². The smallest absolute Gasteiger partial charge is 0.270 e. The summed E-state index contributed by atoms with van der Waals surface area (Å²) in [6.45, 7) is 0.283. The van der Waals surface area contributed by atoms with Gasteiger partial charge in [0, 0.05) is 12.1 Å². The van der Waals surface area contributed by atoms with Crippen molar-refractivity contribution in [2.24, 2.45) is 28.2 Å². The third kappa shape index (κ3) is 2.70. The van der Waals surface area contributed by atoms with Crippen LogP contribution in [0.25, 0.3) is 10.2 Å². The van der Waals surface area contributed by atoms with E-state index < -0.39 is 4.92 Å². The Morgan fingerprint density at radius 3 is 2.50 bits per heavy atom. The molecule has 0 unspecified atom stereocenters. The Hall–Kier alpha value is -2.46. The van der Waals surface area contributed by atoms with Crippen LogP contribution in [0, 0.1) is 45.6 Å². The standard InChI is InChI=1S/C21H21N3O3S/c1-2-5-23-17-4-3-16(24(26)27)9-18(17)28-20(23)22-19(25)21-10-13-6-14(11-21)8-15(7-13)12-21/h1,3-4,9,13-15H,5-8,10-12H2. The molecule has 7 heteroatoms. The molecule has 28 heavy (non-hydrogen) atoms. The summed E-state index contributed by atoms with van der Waals surface area (Å²) in [6.07, 6.45) is 12.3. The second-order valence-electron chi connectivity index (χ2n) is 8.70. The van der Waals surface area contributed by atoms with Crippen molar-refractivity contribution in [1.82, 2.24) is 4.57 Å². The van der Waals surface area contributed by atoms with Crippen molar-refractivity contribution in [3.05, 3.63) is 33.1 Å². The van der Waals surface area contributed by atoms with Gasteiger partial charge in [0.15, 0.2) is 4.80 Å². The quantitative estimate of drug-likeness (QED) is 0.449. The van der Waals surface area contributed by atoms with Gasteiger partial charge >= 0.3 is 0 Å². The van der Waals surface area contributed by atoms with Crippen LogP contribution in [-0.2, 0) is 11.3 Å². The molecule has 4 aliphatic carbocycles. The number of hydrogen-bond acceptors (Lipinski definition) is 4. The van der Waals surface area contributed by atoms with Crippen LogP contribution in [0.15, 0.2) is 23.2 Å². The van der Waals surface area contributed by atoms with Crippen LogP contribution in [-0.4, -0.2) is 15.4 Å². The molecule has 0 saturated heterocycles. The maximum Gasteiger partial charge on any atom is 0.270 e. The van der Waals surface area contributed by atoms with E-state index in [0.29, 0.717) is 22.6 Å².